The second-order valence-electron chi connectivity index (χ2n) is 6.33. The van der Waals surface area contributed by atoms with E-state index in [1.54, 1.807) is 18.2 Å². The van der Waals surface area contributed by atoms with E-state index in [4.69, 9.17) is 11.6 Å². The maximum atomic E-state index is 14.6. The van der Waals surface area contributed by atoms with Crippen LogP contribution in [0.4, 0.5) is 10.1 Å². The Morgan fingerprint density at radius 3 is 2.60 bits per heavy atom. The molecular weight excluding hydrogens is 335 g/mol. The number of rotatable bonds is 3. The molecule has 0 bridgehead atoms. The summed E-state index contributed by atoms with van der Waals surface area (Å²) in [5, 5.41) is 1.49. The van der Waals surface area contributed by atoms with Crippen molar-refractivity contribution in [3.05, 3.63) is 65.4 Å². The molecule has 1 fully saturated rings. The Morgan fingerprint density at radius 1 is 1.08 bits per heavy atom. The Kier molecular flexibility index (Phi) is 4.18. The molecule has 3 aromatic rings. The summed E-state index contributed by atoms with van der Waals surface area (Å²) < 4.78 is 14.6. The zero-order valence-corrected chi connectivity index (χ0v) is 14.6. The molecule has 0 N–H and O–H groups in total. The number of anilines is 1. The lowest BCUT2D eigenvalue weighted by Crippen LogP contribution is -2.18. The molecule has 0 aliphatic carbocycles. The molecule has 0 atom stereocenters. The number of hydrogen-bond donors (Lipinski definition) is 0. The third-order valence-corrected chi connectivity index (χ3v) is 5.02. The SMILES string of the molecule is C=Cc1ccc2c(Cl)cc(-c3ccc(N4CCCC4)c(F)c3)nc2c1. The van der Waals surface area contributed by atoms with Crippen LogP contribution in [-0.4, -0.2) is 18.1 Å². The lowest BCUT2D eigenvalue weighted by Gasteiger charge is -2.18. The molecule has 1 aliphatic rings. The van der Waals surface area contributed by atoms with Gasteiger partial charge in [0.1, 0.15) is 5.82 Å². The average molecular weight is 353 g/mol. The van der Waals surface area contributed by atoms with E-state index >= 15 is 0 Å². The van der Waals surface area contributed by atoms with Crippen molar-refractivity contribution >= 4 is 34.3 Å². The number of halogens is 2. The first-order valence-electron chi connectivity index (χ1n) is 8.43. The zero-order valence-electron chi connectivity index (χ0n) is 13.8. The maximum Gasteiger partial charge on any atom is 0.147 e. The highest BCUT2D eigenvalue weighted by atomic mass is 35.5. The first-order valence-corrected chi connectivity index (χ1v) is 8.81. The summed E-state index contributed by atoms with van der Waals surface area (Å²) in [4.78, 5) is 6.76. The third kappa shape index (κ3) is 3.00. The van der Waals surface area contributed by atoms with Crippen molar-refractivity contribution in [2.75, 3.05) is 18.0 Å². The molecule has 25 heavy (non-hydrogen) atoms. The van der Waals surface area contributed by atoms with E-state index in [1.807, 2.05) is 30.3 Å². The van der Waals surface area contributed by atoms with E-state index in [-0.39, 0.29) is 5.82 Å². The highest BCUT2D eigenvalue weighted by Crippen LogP contribution is 2.32. The Balaban J connectivity index is 1.78. The van der Waals surface area contributed by atoms with Crippen LogP contribution in [0.1, 0.15) is 18.4 Å². The Bertz CT molecular complexity index is 962. The Morgan fingerprint density at radius 2 is 1.88 bits per heavy atom. The molecule has 126 valence electrons. The molecule has 0 radical (unpaired) electrons. The predicted octanol–water partition coefficient (Wildman–Crippen LogP) is 5.94. The van der Waals surface area contributed by atoms with Gasteiger partial charge in [-0.2, -0.15) is 0 Å². The van der Waals surface area contributed by atoms with Gasteiger partial charge >= 0.3 is 0 Å². The molecule has 1 aromatic heterocycles. The molecule has 0 saturated carbocycles. The fourth-order valence-electron chi connectivity index (χ4n) is 3.36. The van der Waals surface area contributed by atoms with Gasteiger partial charge in [0.05, 0.1) is 21.9 Å². The van der Waals surface area contributed by atoms with E-state index in [0.29, 0.717) is 16.4 Å². The van der Waals surface area contributed by atoms with Crippen molar-refractivity contribution in [1.29, 1.82) is 0 Å². The topological polar surface area (TPSA) is 16.1 Å². The van der Waals surface area contributed by atoms with Crippen LogP contribution in [0, 0.1) is 5.82 Å². The van der Waals surface area contributed by atoms with Gasteiger partial charge in [-0.25, -0.2) is 9.37 Å². The first kappa shape index (κ1) is 16.1. The summed E-state index contributed by atoms with van der Waals surface area (Å²) >= 11 is 6.41. The van der Waals surface area contributed by atoms with Crippen molar-refractivity contribution in [2.24, 2.45) is 0 Å². The van der Waals surface area contributed by atoms with Crippen molar-refractivity contribution in [3.63, 3.8) is 0 Å². The molecule has 2 aromatic carbocycles. The molecular formula is C21H18ClFN2. The van der Waals surface area contributed by atoms with E-state index in [1.165, 1.54) is 0 Å². The second kappa shape index (κ2) is 6.49. The predicted molar refractivity (Wildman–Crippen MR) is 104 cm³/mol. The molecule has 0 unspecified atom stereocenters. The fourth-order valence-corrected chi connectivity index (χ4v) is 3.62. The third-order valence-electron chi connectivity index (χ3n) is 4.71. The van der Waals surface area contributed by atoms with Crippen LogP contribution in [0.3, 0.4) is 0 Å². The van der Waals surface area contributed by atoms with E-state index in [2.05, 4.69) is 16.5 Å². The first-order chi connectivity index (χ1) is 12.2. The minimum absolute atomic E-state index is 0.211. The van der Waals surface area contributed by atoms with Gasteiger partial charge in [0.15, 0.2) is 0 Å². The summed E-state index contributed by atoms with van der Waals surface area (Å²) in [5.74, 6) is -0.211. The molecule has 4 rings (SSSR count). The molecule has 0 amide bonds. The van der Waals surface area contributed by atoms with Gasteiger partial charge in [-0.05, 0) is 42.7 Å². The highest BCUT2D eigenvalue weighted by Gasteiger charge is 2.17. The summed E-state index contributed by atoms with van der Waals surface area (Å²) in [7, 11) is 0. The van der Waals surface area contributed by atoms with Crippen molar-refractivity contribution in [1.82, 2.24) is 4.98 Å². The lowest BCUT2D eigenvalue weighted by molar-refractivity contribution is 0.623. The normalized spacial score (nSPS) is 14.2. The van der Waals surface area contributed by atoms with Gasteiger partial charge < -0.3 is 4.90 Å². The molecule has 1 aliphatic heterocycles. The second-order valence-corrected chi connectivity index (χ2v) is 6.74. The quantitative estimate of drug-likeness (QED) is 0.580. The summed E-state index contributed by atoms with van der Waals surface area (Å²) in [5.41, 5.74) is 3.83. The van der Waals surface area contributed by atoms with Gasteiger partial charge in [-0.3, -0.25) is 0 Å². The molecule has 1 saturated heterocycles. The molecule has 0 spiro atoms. The molecule has 4 heteroatoms. The van der Waals surface area contributed by atoms with Crippen molar-refractivity contribution in [2.45, 2.75) is 12.8 Å². The smallest absolute Gasteiger partial charge is 0.147 e. The summed E-state index contributed by atoms with van der Waals surface area (Å²) in [6, 6.07) is 12.9. The number of aromatic nitrogens is 1. The number of benzene rings is 2. The highest BCUT2D eigenvalue weighted by molar-refractivity contribution is 6.35. The fraction of sp³-hybridized carbons (Fsp3) is 0.190. The van der Waals surface area contributed by atoms with E-state index in [9.17, 15) is 4.39 Å². The number of fused-ring (bicyclic) bond motifs is 1. The minimum Gasteiger partial charge on any atom is -0.369 e. The molecule has 2 nitrogen and oxygen atoms in total. The standard InChI is InChI=1S/C21H18ClFN2/c1-2-14-5-7-16-17(22)13-19(24-20(16)11-14)15-6-8-21(18(23)12-15)25-9-3-4-10-25/h2,5-8,11-13H,1,3-4,9-10H2. The lowest BCUT2D eigenvalue weighted by atomic mass is 10.1. The Hall–Kier alpha value is -2.39. The molecule has 2 heterocycles. The average Bonchev–Trinajstić information content (AvgIpc) is 3.15. The summed E-state index contributed by atoms with van der Waals surface area (Å²) in [6.45, 7) is 5.62. The number of hydrogen-bond acceptors (Lipinski definition) is 2. The number of pyridine rings is 1. The van der Waals surface area contributed by atoms with Crippen LogP contribution in [0.2, 0.25) is 5.02 Å². The van der Waals surface area contributed by atoms with Crippen molar-refractivity contribution in [3.8, 4) is 11.3 Å². The Labute approximate surface area is 151 Å². The zero-order chi connectivity index (χ0) is 17.4. The van der Waals surface area contributed by atoms with Gasteiger partial charge in [-0.1, -0.05) is 42.5 Å². The van der Waals surface area contributed by atoms with E-state index in [0.717, 1.165) is 48.0 Å². The van der Waals surface area contributed by atoms with Crippen LogP contribution in [0.5, 0.6) is 0 Å². The van der Waals surface area contributed by atoms with Gasteiger partial charge in [0, 0.05) is 24.0 Å². The van der Waals surface area contributed by atoms with Crippen LogP contribution < -0.4 is 4.90 Å². The number of nitrogens with zero attached hydrogens (tertiary/aromatic N) is 2. The van der Waals surface area contributed by atoms with E-state index < -0.39 is 0 Å². The van der Waals surface area contributed by atoms with Crippen LogP contribution in [-0.2, 0) is 0 Å². The minimum atomic E-state index is -0.211. The summed E-state index contributed by atoms with van der Waals surface area (Å²) in [6.07, 6.45) is 4.01. The van der Waals surface area contributed by atoms with Gasteiger partial charge in [0.2, 0.25) is 0 Å². The van der Waals surface area contributed by atoms with Crippen LogP contribution in [0.15, 0.2) is 49.0 Å². The van der Waals surface area contributed by atoms with Crippen molar-refractivity contribution < 1.29 is 4.39 Å². The maximum absolute atomic E-state index is 14.6. The van der Waals surface area contributed by atoms with Crippen LogP contribution in [0.25, 0.3) is 28.2 Å². The largest absolute Gasteiger partial charge is 0.369 e. The van der Waals surface area contributed by atoms with Crippen LogP contribution >= 0.6 is 11.6 Å². The van der Waals surface area contributed by atoms with Gasteiger partial charge in [-0.15, -0.1) is 0 Å². The van der Waals surface area contributed by atoms with Gasteiger partial charge in [0.25, 0.3) is 0 Å². The monoisotopic (exact) mass is 352 g/mol.